The first-order valence-electron chi connectivity index (χ1n) is 9.74. The van der Waals surface area contributed by atoms with Gasteiger partial charge in [0.1, 0.15) is 5.60 Å². The molecule has 0 aromatic heterocycles. The smallest absolute Gasteiger partial charge is 0.191 e. The molecular formula is C20H33IN4O2. The summed E-state index contributed by atoms with van der Waals surface area (Å²) in [6, 6.07) is 10.3. The largest absolute Gasteiger partial charge is 0.384 e. The number of morpholine rings is 1. The van der Waals surface area contributed by atoms with E-state index in [1.807, 2.05) is 37.3 Å². The third kappa shape index (κ3) is 6.30. The number of hydrogen-bond donors (Lipinski definition) is 3. The molecule has 27 heavy (non-hydrogen) atoms. The van der Waals surface area contributed by atoms with Crippen LogP contribution in [0.3, 0.4) is 0 Å². The summed E-state index contributed by atoms with van der Waals surface area (Å²) in [5.41, 5.74) is -0.122. The van der Waals surface area contributed by atoms with Gasteiger partial charge in [-0.15, -0.1) is 24.0 Å². The topological polar surface area (TPSA) is 69.1 Å². The highest BCUT2D eigenvalue weighted by atomic mass is 127. The second-order valence-electron chi connectivity index (χ2n) is 7.46. The number of aliphatic hydroxyl groups is 1. The predicted molar refractivity (Wildman–Crippen MR) is 120 cm³/mol. The first kappa shape index (κ1) is 22.4. The van der Waals surface area contributed by atoms with Gasteiger partial charge < -0.3 is 20.5 Å². The van der Waals surface area contributed by atoms with E-state index in [-0.39, 0.29) is 30.1 Å². The van der Waals surface area contributed by atoms with E-state index in [2.05, 4.69) is 20.5 Å². The number of halogens is 1. The van der Waals surface area contributed by atoms with Crippen molar-refractivity contribution < 1.29 is 9.84 Å². The molecule has 6 nitrogen and oxygen atoms in total. The summed E-state index contributed by atoms with van der Waals surface area (Å²) in [7, 11) is 0. The fourth-order valence-electron chi connectivity index (χ4n) is 3.68. The molecule has 0 aliphatic carbocycles. The quantitative estimate of drug-likeness (QED) is 0.325. The molecule has 1 aromatic rings. The Labute approximate surface area is 179 Å². The minimum Gasteiger partial charge on any atom is -0.384 e. The van der Waals surface area contributed by atoms with E-state index in [9.17, 15) is 5.11 Å². The van der Waals surface area contributed by atoms with Crippen molar-refractivity contribution in [2.45, 2.75) is 44.4 Å². The second kappa shape index (κ2) is 10.6. The van der Waals surface area contributed by atoms with Crippen LogP contribution < -0.4 is 10.6 Å². The fraction of sp³-hybridized carbons (Fsp3) is 0.650. The Morgan fingerprint density at radius 1 is 1.33 bits per heavy atom. The molecule has 3 rings (SSSR count). The summed E-state index contributed by atoms with van der Waals surface area (Å²) >= 11 is 0. The highest BCUT2D eigenvalue weighted by Crippen LogP contribution is 2.22. The molecule has 3 atom stereocenters. The summed E-state index contributed by atoms with van der Waals surface area (Å²) in [6.45, 7) is 8.65. The number of nitrogens with one attached hydrogen (secondary N) is 2. The summed E-state index contributed by atoms with van der Waals surface area (Å²) < 4.78 is 6.00. The summed E-state index contributed by atoms with van der Waals surface area (Å²) in [5.74, 6) is 0.718. The Hall–Kier alpha value is -0.900. The molecule has 1 aromatic carbocycles. The van der Waals surface area contributed by atoms with Gasteiger partial charge in [-0.1, -0.05) is 30.3 Å². The zero-order valence-electron chi connectivity index (χ0n) is 16.4. The average molecular weight is 488 g/mol. The van der Waals surface area contributed by atoms with Crippen molar-refractivity contribution in [1.82, 2.24) is 15.5 Å². The number of benzene rings is 1. The van der Waals surface area contributed by atoms with Crippen molar-refractivity contribution in [2.24, 2.45) is 4.99 Å². The molecule has 0 saturated carbocycles. The zero-order chi connectivity index (χ0) is 18.4. The van der Waals surface area contributed by atoms with Gasteiger partial charge >= 0.3 is 0 Å². The molecular weight excluding hydrogens is 455 g/mol. The van der Waals surface area contributed by atoms with Crippen molar-refractivity contribution in [3.8, 4) is 0 Å². The van der Waals surface area contributed by atoms with Crippen molar-refractivity contribution in [3.05, 3.63) is 35.9 Å². The minimum absolute atomic E-state index is 0. The number of hydrogen-bond acceptors (Lipinski definition) is 4. The molecule has 0 bridgehead atoms. The Balaban J connectivity index is 0.00000261. The highest BCUT2D eigenvalue weighted by molar-refractivity contribution is 14.0. The van der Waals surface area contributed by atoms with Crippen molar-refractivity contribution in [1.29, 1.82) is 0 Å². The molecule has 2 heterocycles. The lowest BCUT2D eigenvalue weighted by atomic mass is 9.96. The number of nitrogens with zero attached hydrogens (tertiary/aromatic N) is 2. The third-order valence-electron chi connectivity index (χ3n) is 5.24. The van der Waals surface area contributed by atoms with Crippen LogP contribution in [0, 0.1) is 0 Å². The molecule has 2 aliphatic heterocycles. The van der Waals surface area contributed by atoms with Crippen molar-refractivity contribution in [2.75, 3.05) is 39.3 Å². The number of rotatable bonds is 6. The molecule has 152 valence electrons. The number of fused-ring (bicyclic) bond motifs is 1. The summed E-state index contributed by atoms with van der Waals surface area (Å²) in [5, 5.41) is 17.4. The molecule has 0 radical (unpaired) electrons. The third-order valence-corrected chi connectivity index (χ3v) is 5.24. The summed E-state index contributed by atoms with van der Waals surface area (Å²) in [6.07, 6.45) is 2.73. The first-order chi connectivity index (χ1) is 12.6. The van der Waals surface area contributed by atoms with E-state index < -0.39 is 5.60 Å². The lowest BCUT2D eigenvalue weighted by Crippen LogP contribution is -2.51. The van der Waals surface area contributed by atoms with E-state index in [4.69, 9.17) is 4.74 Å². The van der Waals surface area contributed by atoms with E-state index in [0.717, 1.165) is 37.8 Å². The molecule has 0 spiro atoms. The standard InChI is InChI=1S/C20H32N4O2.HI/c1-3-21-19(23-15-20(2,25)16-8-5-4-6-9-16)22-12-18-13-24-11-7-10-17(24)14-26-18;/h4-6,8-9,17-18,25H,3,7,10-15H2,1-2H3,(H2,21,22,23);1H. The second-order valence-corrected chi connectivity index (χ2v) is 7.46. The van der Waals surface area contributed by atoms with Crippen LogP contribution in [-0.4, -0.2) is 67.4 Å². The van der Waals surface area contributed by atoms with Crippen LogP contribution in [0.1, 0.15) is 32.3 Å². The molecule has 2 fully saturated rings. The van der Waals surface area contributed by atoms with Crippen LogP contribution in [0.2, 0.25) is 0 Å². The molecule has 7 heteroatoms. The Morgan fingerprint density at radius 2 is 2.11 bits per heavy atom. The van der Waals surface area contributed by atoms with Gasteiger partial charge in [0.25, 0.3) is 0 Å². The van der Waals surface area contributed by atoms with Gasteiger partial charge in [-0.05, 0) is 38.8 Å². The summed E-state index contributed by atoms with van der Waals surface area (Å²) in [4.78, 5) is 7.13. The number of aliphatic imine (C=N–C) groups is 1. The van der Waals surface area contributed by atoms with Crippen LogP contribution in [0.5, 0.6) is 0 Å². The van der Waals surface area contributed by atoms with Gasteiger partial charge in [-0.25, -0.2) is 4.99 Å². The van der Waals surface area contributed by atoms with Crippen LogP contribution >= 0.6 is 24.0 Å². The molecule has 3 unspecified atom stereocenters. The highest BCUT2D eigenvalue weighted by Gasteiger charge is 2.32. The maximum Gasteiger partial charge on any atom is 0.191 e. The van der Waals surface area contributed by atoms with E-state index in [1.54, 1.807) is 6.92 Å². The predicted octanol–water partition coefficient (Wildman–Crippen LogP) is 1.93. The van der Waals surface area contributed by atoms with Gasteiger partial charge in [-0.3, -0.25) is 4.90 Å². The van der Waals surface area contributed by atoms with Crippen LogP contribution in [0.15, 0.2) is 35.3 Å². The fourth-order valence-corrected chi connectivity index (χ4v) is 3.68. The Bertz CT molecular complexity index is 597. The van der Waals surface area contributed by atoms with Gasteiger partial charge in [0.15, 0.2) is 5.96 Å². The van der Waals surface area contributed by atoms with E-state index in [0.29, 0.717) is 12.6 Å². The number of ether oxygens (including phenoxy) is 1. The Kier molecular flexibility index (Phi) is 8.78. The molecule has 0 amide bonds. The molecule has 3 N–H and O–H groups in total. The van der Waals surface area contributed by atoms with Crippen LogP contribution in [0.4, 0.5) is 0 Å². The Morgan fingerprint density at radius 3 is 2.85 bits per heavy atom. The monoisotopic (exact) mass is 488 g/mol. The average Bonchev–Trinajstić information content (AvgIpc) is 3.12. The lowest BCUT2D eigenvalue weighted by molar-refractivity contribution is -0.0453. The van der Waals surface area contributed by atoms with Crippen molar-refractivity contribution >= 4 is 29.9 Å². The van der Waals surface area contributed by atoms with Crippen LogP contribution in [0.25, 0.3) is 0 Å². The first-order valence-corrected chi connectivity index (χ1v) is 9.74. The van der Waals surface area contributed by atoms with Gasteiger partial charge in [-0.2, -0.15) is 0 Å². The maximum atomic E-state index is 10.7. The lowest BCUT2D eigenvalue weighted by Gasteiger charge is -2.35. The van der Waals surface area contributed by atoms with Gasteiger partial charge in [0.05, 0.1) is 19.3 Å². The molecule has 2 aliphatic rings. The van der Waals surface area contributed by atoms with E-state index in [1.165, 1.54) is 19.4 Å². The normalized spacial score (nSPS) is 25.2. The zero-order valence-corrected chi connectivity index (χ0v) is 18.7. The minimum atomic E-state index is -0.992. The van der Waals surface area contributed by atoms with Crippen molar-refractivity contribution in [3.63, 3.8) is 0 Å². The van der Waals surface area contributed by atoms with Gasteiger partial charge in [0.2, 0.25) is 0 Å². The SMILES string of the molecule is CCNC(=NCC(C)(O)c1ccccc1)NCC1CN2CCCC2CO1.I. The maximum absolute atomic E-state index is 10.7. The van der Waals surface area contributed by atoms with Gasteiger partial charge in [0, 0.05) is 25.7 Å². The van der Waals surface area contributed by atoms with Crippen LogP contribution in [-0.2, 0) is 10.3 Å². The number of guanidine groups is 1. The van der Waals surface area contributed by atoms with E-state index >= 15 is 0 Å². The molecule has 2 saturated heterocycles.